The molecule has 7 heteroatoms. The Labute approximate surface area is 156 Å². The summed E-state index contributed by atoms with van der Waals surface area (Å²) in [5, 5.41) is 0. The standard InChI is InChI=1S/C20H20N2O5/c1-4-26-17-10-14(7-8-16(17)25-3)20(24)27-12-15-11-18(23)22-9-5-6-13(2)19(22)21-15/h5-11H,4,12H2,1-3H3. The van der Waals surface area contributed by atoms with Crippen LogP contribution in [-0.4, -0.2) is 29.1 Å². The van der Waals surface area contributed by atoms with Gasteiger partial charge >= 0.3 is 5.97 Å². The molecule has 140 valence electrons. The molecule has 0 aliphatic carbocycles. The highest BCUT2D eigenvalue weighted by molar-refractivity contribution is 5.90. The molecule has 0 bridgehead atoms. The number of carbonyl (C=O) groups is 1. The molecule has 3 aromatic rings. The molecule has 2 aromatic heterocycles. The molecule has 0 aliphatic heterocycles. The maximum atomic E-state index is 12.4. The van der Waals surface area contributed by atoms with Crippen molar-refractivity contribution in [1.82, 2.24) is 9.38 Å². The number of benzene rings is 1. The number of hydrogen-bond acceptors (Lipinski definition) is 6. The second-order valence-electron chi connectivity index (χ2n) is 5.85. The van der Waals surface area contributed by atoms with Gasteiger partial charge in [-0.3, -0.25) is 9.20 Å². The second kappa shape index (κ2) is 7.90. The predicted octanol–water partition coefficient (Wildman–Crippen LogP) is 2.77. The topological polar surface area (TPSA) is 79.1 Å². The Bertz CT molecular complexity index is 1040. The van der Waals surface area contributed by atoms with Crippen LogP contribution in [0.3, 0.4) is 0 Å². The van der Waals surface area contributed by atoms with Crippen molar-refractivity contribution in [2.75, 3.05) is 13.7 Å². The molecule has 0 fully saturated rings. The summed E-state index contributed by atoms with van der Waals surface area (Å²) in [4.78, 5) is 29.0. The first-order valence-electron chi connectivity index (χ1n) is 8.49. The molecule has 0 unspecified atom stereocenters. The number of nitrogens with zero attached hydrogens (tertiary/aromatic N) is 2. The third-order valence-corrected chi connectivity index (χ3v) is 3.99. The molecule has 2 heterocycles. The molecule has 0 saturated carbocycles. The van der Waals surface area contributed by atoms with E-state index in [-0.39, 0.29) is 12.2 Å². The molecule has 0 spiro atoms. The summed E-state index contributed by atoms with van der Waals surface area (Å²) in [6, 6.07) is 9.81. The van der Waals surface area contributed by atoms with Crippen molar-refractivity contribution < 1.29 is 19.0 Å². The molecule has 0 atom stereocenters. The molecular weight excluding hydrogens is 348 g/mol. The summed E-state index contributed by atoms with van der Waals surface area (Å²) >= 11 is 0. The summed E-state index contributed by atoms with van der Waals surface area (Å²) < 4.78 is 17.4. The van der Waals surface area contributed by atoms with Crippen molar-refractivity contribution in [3.63, 3.8) is 0 Å². The minimum Gasteiger partial charge on any atom is -0.493 e. The summed E-state index contributed by atoms with van der Waals surface area (Å²) in [6.45, 7) is 4.05. The van der Waals surface area contributed by atoms with Crippen molar-refractivity contribution in [3.05, 3.63) is 69.8 Å². The fraction of sp³-hybridized carbons (Fsp3) is 0.250. The Morgan fingerprint density at radius 1 is 1.19 bits per heavy atom. The third kappa shape index (κ3) is 3.92. The Kier molecular flexibility index (Phi) is 5.40. The highest BCUT2D eigenvalue weighted by atomic mass is 16.5. The number of methoxy groups -OCH3 is 1. The molecule has 27 heavy (non-hydrogen) atoms. The Hall–Kier alpha value is -3.35. The van der Waals surface area contributed by atoms with E-state index >= 15 is 0 Å². The maximum Gasteiger partial charge on any atom is 0.338 e. The number of rotatable bonds is 6. The zero-order valence-corrected chi connectivity index (χ0v) is 15.4. The Morgan fingerprint density at radius 2 is 2.00 bits per heavy atom. The molecule has 1 aromatic carbocycles. The fourth-order valence-corrected chi connectivity index (χ4v) is 2.68. The Balaban J connectivity index is 1.80. The molecule has 0 N–H and O–H groups in total. The van der Waals surface area contributed by atoms with E-state index in [0.29, 0.717) is 35.0 Å². The van der Waals surface area contributed by atoms with Gasteiger partial charge in [0.15, 0.2) is 11.5 Å². The number of fused-ring (bicyclic) bond motifs is 1. The number of pyridine rings is 1. The van der Waals surface area contributed by atoms with E-state index in [1.165, 1.54) is 17.6 Å². The average molecular weight is 368 g/mol. The van der Waals surface area contributed by atoms with E-state index in [4.69, 9.17) is 14.2 Å². The van der Waals surface area contributed by atoms with Crippen molar-refractivity contribution in [2.24, 2.45) is 0 Å². The number of aromatic nitrogens is 2. The lowest BCUT2D eigenvalue weighted by Gasteiger charge is -2.11. The summed E-state index contributed by atoms with van der Waals surface area (Å²) in [5.41, 5.74) is 1.89. The highest BCUT2D eigenvalue weighted by Crippen LogP contribution is 2.28. The second-order valence-corrected chi connectivity index (χ2v) is 5.85. The quantitative estimate of drug-likeness (QED) is 0.623. The first-order valence-corrected chi connectivity index (χ1v) is 8.49. The maximum absolute atomic E-state index is 12.4. The van der Waals surface area contributed by atoms with Gasteiger partial charge in [0, 0.05) is 12.3 Å². The lowest BCUT2D eigenvalue weighted by molar-refractivity contribution is 0.0467. The van der Waals surface area contributed by atoms with Crippen LogP contribution in [0.15, 0.2) is 47.4 Å². The minimum absolute atomic E-state index is 0.102. The number of carbonyl (C=O) groups excluding carboxylic acids is 1. The molecule has 3 rings (SSSR count). The summed E-state index contributed by atoms with van der Waals surface area (Å²) in [6.07, 6.45) is 1.65. The number of hydrogen-bond donors (Lipinski definition) is 0. The van der Waals surface area contributed by atoms with Crippen LogP contribution in [0.1, 0.15) is 28.5 Å². The van der Waals surface area contributed by atoms with Gasteiger partial charge in [-0.25, -0.2) is 9.78 Å². The van der Waals surface area contributed by atoms with Crippen LogP contribution in [-0.2, 0) is 11.3 Å². The van der Waals surface area contributed by atoms with E-state index in [2.05, 4.69) is 4.98 Å². The lowest BCUT2D eigenvalue weighted by Crippen LogP contribution is -2.17. The van der Waals surface area contributed by atoms with Gasteiger partial charge in [0.05, 0.1) is 25.0 Å². The van der Waals surface area contributed by atoms with E-state index < -0.39 is 5.97 Å². The predicted molar refractivity (Wildman–Crippen MR) is 99.5 cm³/mol. The van der Waals surface area contributed by atoms with Crippen molar-refractivity contribution in [1.29, 1.82) is 0 Å². The van der Waals surface area contributed by atoms with Crippen LogP contribution in [0.2, 0.25) is 0 Å². The van der Waals surface area contributed by atoms with Crippen LogP contribution in [0.5, 0.6) is 11.5 Å². The van der Waals surface area contributed by atoms with Gasteiger partial charge in [0.2, 0.25) is 0 Å². The average Bonchev–Trinajstić information content (AvgIpc) is 2.67. The van der Waals surface area contributed by atoms with Crippen molar-refractivity contribution >= 4 is 11.6 Å². The van der Waals surface area contributed by atoms with Gasteiger partial charge in [0.25, 0.3) is 5.56 Å². The molecule has 0 radical (unpaired) electrons. The fourth-order valence-electron chi connectivity index (χ4n) is 2.68. The van der Waals surface area contributed by atoms with Crippen LogP contribution >= 0.6 is 0 Å². The summed E-state index contributed by atoms with van der Waals surface area (Å²) in [5.74, 6) is 0.464. The SMILES string of the molecule is CCOc1cc(C(=O)OCc2cc(=O)n3cccc(C)c3n2)ccc1OC. The summed E-state index contributed by atoms with van der Waals surface area (Å²) in [7, 11) is 1.53. The van der Waals surface area contributed by atoms with Gasteiger partial charge < -0.3 is 14.2 Å². The third-order valence-electron chi connectivity index (χ3n) is 3.99. The smallest absolute Gasteiger partial charge is 0.338 e. The molecule has 0 saturated heterocycles. The normalized spacial score (nSPS) is 10.6. The number of esters is 1. The lowest BCUT2D eigenvalue weighted by atomic mass is 10.2. The Morgan fingerprint density at radius 3 is 2.74 bits per heavy atom. The number of ether oxygens (including phenoxy) is 3. The van der Waals surface area contributed by atoms with Crippen LogP contribution in [0, 0.1) is 6.92 Å². The van der Waals surface area contributed by atoms with Gasteiger partial charge in [-0.2, -0.15) is 0 Å². The van der Waals surface area contributed by atoms with Crippen molar-refractivity contribution in [3.8, 4) is 11.5 Å². The minimum atomic E-state index is -0.537. The van der Waals surface area contributed by atoms with Gasteiger partial charge in [-0.05, 0) is 43.7 Å². The van der Waals surface area contributed by atoms with Crippen LogP contribution < -0.4 is 15.0 Å². The van der Waals surface area contributed by atoms with E-state index in [1.54, 1.807) is 30.5 Å². The number of aryl methyl sites for hydroxylation is 1. The molecule has 0 aliphatic rings. The zero-order chi connectivity index (χ0) is 19.4. The largest absolute Gasteiger partial charge is 0.493 e. The van der Waals surface area contributed by atoms with E-state index in [1.807, 2.05) is 19.9 Å². The van der Waals surface area contributed by atoms with E-state index in [9.17, 15) is 9.59 Å². The van der Waals surface area contributed by atoms with Gasteiger partial charge in [-0.1, -0.05) is 6.07 Å². The highest BCUT2D eigenvalue weighted by Gasteiger charge is 2.13. The van der Waals surface area contributed by atoms with Crippen LogP contribution in [0.4, 0.5) is 0 Å². The van der Waals surface area contributed by atoms with Crippen molar-refractivity contribution in [2.45, 2.75) is 20.5 Å². The van der Waals surface area contributed by atoms with Gasteiger partial charge in [-0.15, -0.1) is 0 Å². The molecular formula is C20H20N2O5. The molecule has 7 nitrogen and oxygen atoms in total. The monoisotopic (exact) mass is 368 g/mol. The molecule has 0 amide bonds. The first-order chi connectivity index (χ1) is 13.0. The van der Waals surface area contributed by atoms with E-state index in [0.717, 1.165) is 5.56 Å². The first kappa shape index (κ1) is 18.4. The van der Waals surface area contributed by atoms with Crippen LogP contribution in [0.25, 0.3) is 5.65 Å². The van der Waals surface area contributed by atoms with Gasteiger partial charge in [0.1, 0.15) is 12.3 Å². The zero-order valence-electron chi connectivity index (χ0n) is 15.4.